The Morgan fingerprint density at radius 1 is 1.20 bits per heavy atom. The molecule has 15 heavy (non-hydrogen) atoms. The zero-order chi connectivity index (χ0) is 11.4. The van der Waals surface area contributed by atoms with E-state index in [1.807, 2.05) is 26.2 Å². The van der Waals surface area contributed by atoms with Crippen LogP contribution in [0.2, 0.25) is 0 Å². The molecule has 0 atom stereocenters. The molecule has 0 unspecified atom stereocenters. The van der Waals surface area contributed by atoms with E-state index in [1.165, 1.54) is 0 Å². The van der Waals surface area contributed by atoms with Gasteiger partial charge in [0, 0.05) is 0 Å². The monoisotopic (exact) mass is 300 g/mol. The van der Waals surface area contributed by atoms with E-state index >= 15 is 0 Å². The van der Waals surface area contributed by atoms with Crippen LogP contribution in [0.1, 0.15) is 5.56 Å². The molecule has 0 bridgehead atoms. The third kappa shape index (κ3) is 3.20. The number of hydrogen-bond donors (Lipinski definition) is 0. The van der Waals surface area contributed by atoms with Gasteiger partial charge in [-0.1, -0.05) is 0 Å². The van der Waals surface area contributed by atoms with Crippen LogP contribution in [0.25, 0.3) is 0 Å². The van der Waals surface area contributed by atoms with Crippen molar-refractivity contribution < 1.29 is 28.7 Å². The van der Waals surface area contributed by atoms with E-state index in [1.54, 1.807) is 14.2 Å². The van der Waals surface area contributed by atoms with E-state index in [0.29, 0.717) is 0 Å². The molecule has 1 aromatic rings. The first kappa shape index (κ1) is 12.5. The molecule has 0 radical (unpaired) electrons. The van der Waals surface area contributed by atoms with Crippen molar-refractivity contribution in [1.82, 2.24) is 4.90 Å². The van der Waals surface area contributed by atoms with Crippen molar-refractivity contribution in [3.05, 3.63) is 17.7 Å². The van der Waals surface area contributed by atoms with E-state index in [4.69, 9.17) is 9.47 Å². The second-order valence-electron chi connectivity index (χ2n) is 3.49. The molecule has 0 aliphatic rings. The number of methoxy groups -OCH3 is 2. The fourth-order valence-corrected chi connectivity index (χ4v) is 1.87. The molecule has 0 N–H and O–H groups in total. The summed E-state index contributed by atoms with van der Waals surface area (Å²) in [7, 11) is 7.38. The zero-order valence-electron chi connectivity index (χ0n) is 9.44. The Bertz CT molecular complexity index is 340. The Labute approximate surface area is 102 Å². The fraction of sp³-hybridized carbons (Fsp3) is 0.455. The number of rotatable bonds is 4. The Morgan fingerprint density at radius 3 is 2.33 bits per heavy atom. The summed E-state index contributed by atoms with van der Waals surface area (Å²) in [5.41, 5.74) is 1.14. The van der Waals surface area contributed by atoms with Crippen molar-refractivity contribution in [3.8, 4) is 11.5 Å². The van der Waals surface area contributed by atoms with Crippen molar-refractivity contribution in [3.63, 3.8) is 0 Å². The summed E-state index contributed by atoms with van der Waals surface area (Å²) in [4.78, 5) is 2.10. The van der Waals surface area contributed by atoms with Crippen molar-refractivity contribution >= 4 is 4.04 Å². The molecule has 0 saturated heterocycles. The Hall–Kier alpha value is -0.558. The number of nitrogens with zero attached hydrogens (tertiary/aromatic N) is 1. The molecule has 0 amide bonds. The predicted octanol–water partition coefficient (Wildman–Crippen LogP) is 0.938. The molecular formula is C11H16NO2Pd. The fourth-order valence-electron chi connectivity index (χ4n) is 1.34. The van der Waals surface area contributed by atoms with Gasteiger partial charge in [0.2, 0.25) is 0 Å². The first-order valence-electron chi connectivity index (χ1n) is 4.60. The van der Waals surface area contributed by atoms with E-state index in [2.05, 4.69) is 24.1 Å². The van der Waals surface area contributed by atoms with Crippen LogP contribution < -0.4 is 13.5 Å². The normalized spacial score (nSPS) is 10.6. The standard InChI is InChI=1S/C11H16NO2.Pd/c1-12(2)8-9-5-6-10(13-3)7-11(9)14-4;/h6-7H,8H2,1-4H3;. The molecule has 1 rings (SSSR count). The summed E-state index contributed by atoms with van der Waals surface area (Å²) in [5.74, 6) is 1.65. The van der Waals surface area contributed by atoms with E-state index in [-0.39, 0.29) is 0 Å². The quantitative estimate of drug-likeness (QED) is 0.773. The zero-order valence-corrected chi connectivity index (χ0v) is 11.0. The summed E-state index contributed by atoms with van der Waals surface area (Å²) >= 11 is 3.23. The maximum atomic E-state index is 5.34. The van der Waals surface area contributed by atoms with Gasteiger partial charge in [-0.2, -0.15) is 0 Å². The van der Waals surface area contributed by atoms with Crippen molar-refractivity contribution in [2.24, 2.45) is 0 Å². The van der Waals surface area contributed by atoms with Crippen LogP contribution in [0, 0.1) is 0 Å². The van der Waals surface area contributed by atoms with Crippen LogP contribution in [0.5, 0.6) is 11.5 Å². The average Bonchev–Trinajstić information content (AvgIpc) is 2.20. The molecule has 0 fully saturated rings. The van der Waals surface area contributed by atoms with Gasteiger partial charge < -0.3 is 0 Å². The van der Waals surface area contributed by atoms with E-state index in [0.717, 1.165) is 27.6 Å². The molecule has 1 aromatic carbocycles. The van der Waals surface area contributed by atoms with Gasteiger partial charge in [-0.25, -0.2) is 0 Å². The maximum absolute atomic E-state index is 5.34. The molecule has 4 heteroatoms. The number of benzene rings is 1. The van der Waals surface area contributed by atoms with Gasteiger partial charge >= 0.3 is 102 Å². The minimum atomic E-state index is 0.802. The second-order valence-corrected chi connectivity index (χ2v) is 4.33. The van der Waals surface area contributed by atoms with Crippen molar-refractivity contribution in [1.29, 1.82) is 0 Å². The molecule has 0 spiro atoms. The topological polar surface area (TPSA) is 21.7 Å². The van der Waals surface area contributed by atoms with Crippen LogP contribution in [-0.2, 0) is 25.7 Å². The Balaban J connectivity index is 3.12. The summed E-state index contributed by atoms with van der Waals surface area (Å²) in [6.45, 7) is 0.837. The Kier molecular flexibility index (Phi) is 4.59. The molecule has 0 saturated carbocycles. The Morgan fingerprint density at radius 2 is 1.87 bits per heavy atom. The molecule has 0 aliphatic heterocycles. The molecule has 0 aromatic heterocycles. The van der Waals surface area contributed by atoms with Crippen LogP contribution in [-0.4, -0.2) is 33.2 Å². The summed E-state index contributed by atoms with van der Waals surface area (Å²) < 4.78 is 11.6. The molecule has 87 valence electrons. The number of ether oxygens (including phenoxy) is 2. The molecule has 0 heterocycles. The second kappa shape index (κ2) is 5.51. The van der Waals surface area contributed by atoms with E-state index < -0.39 is 0 Å². The SMILES string of the molecule is COc1c[c]([Pd])c(CN(C)C)c(OC)c1. The van der Waals surface area contributed by atoms with Crippen LogP contribution in [0.3, 0.4) is 0 Å². The van der Waals surface area contributed by atoms with Crippen LogP contribution >= 0.6 is 0 Å². The molecular weight excluding hydrogens is 285 g/mol. The molecule has 0 aliphatic carbocycles. The third-order valence-corrected chi connectivity index (χ3v) is 2.72. The average molecular weight is 301 g/mol. The third-order valence-electron chi connectivity index (χ3n) is 2.03. The number of hydrogen-bond acceptors (Lipinski definition) is 3. The van der Waals surface area contributed by atoms with Gasteiger partial charge in [0.1, 0.15) is 0 Å². The first-order valence-corrected chi connectivity index (χ1v) is 5.38. The van der Waals surface area contributed by atoms with Crippen LogP contribution in [0.4, 0.5) is 0 Å². The molecule has 3 nitrogen and oxygen atoms in total. The summed E-state index contributed by atoms with van der Waals surface area (Å²) in [5, 5.41) is 0. The predicted molar refractivity (Wildman–Crippen MR) is 56.6 cm³/mol. The first-order chi connectivity index (χ1) is 7.08. The van der Waals surface area contributed by atoms with Crippen molar-refractivity contribution in [2.75, 3.05) is 28.3 Å². The van der Waals surface area contributed by atoms with Gasteiger partial charge in [-0.15, -0.1) is 0 Å². The van der Waals surface area contributed by atoms with Crippen molar-refractivity contribution in [2.45, 2.75) is 6.54 Å². The minimum absolute atomic E-state index is 0.802. The van der Waals surface area contributed by atoms with Gasteiger partial charge in [-0.05, 0) is 0 Å². The van der Waals surface area contributed by atoms with Gasteiger partial charge in [0.25, 0.3) is 0 Å². The van der Waals surface area contributed by atoms with Gasteiger partial charge in [0.15, 0.2) is 0 Å². The summed E-state index contributed by atoms with van der Waals surface area (Å²) in [6, 6.07) is 3.86. The van der Waals surface area contributed by atoms with Gasteiger partial charge in [-0.3, -0.25) is 0 Å². The summed E-state index contributed by atoms with van der Waals surface area (Å²) in [6.07, 6.45) is 0. The van der Waals surface area contributed by atoms with Gasteiger partial charge in [0.05, 0.1) is 0 Å². The van der Waals surface area contributed by atoms with E-state index in [9.17, 15) is 0 Å². The van der Waals surface area contributed by atoms with Crippen LogP contribution in [0.15, 0.2) is 12.1 Å².